The van der Waals surface area contributed by atoms with Crippen LogP contribution in [0.3, 0.4) is 0 Å². The number of aromatic nitrogens is 2. The minimum atomic E-state index is -0.418. The molecule has 1 aliphatic rings. The van der Waals surface area contributed by atoms with Gasteiger partial charge in [-0.2, -0.15) is 0 Å². The highest BCUT2D eigenvalue weighted by Crippen LogP contribution is 2.20. The fourth-order valence-corrected chi connectivity index (χ4v) is 2.04. The van der Waals surface area contributed by atoms with Gasteiger partial charge >= 0.3 is 5.97 Å². The summed E-state index contributed by atoms with van der Waals surface area (Å²) < 4.78 is 4.69. The first-order valence-electron chi connectivity index (χ1n) is 6.11. The Morgan fingerprint density at radius 1 is 1.56 bits per heavy atom. The highest BCUT2D eigenvalue weighted by molar-refractivity contribution is 5.94. The molecule has 0 amide bonds. The molecule has 2 rings (SSSR count). The molecule has 0 bridgehead atoms. The monoisotopic (exact) mass is 247 g/mol. The van der Waals surface area contributed by atoms with Crippen molar-refractivity contribution in [1.82, 2.24) is 9.97 Å². The molecular formula is C13H17N3O2. The molecule has 1 aromatic heterocycles. The van der Waals surface area contributed by atoms with E-state index < -0.39 is 5.97 Å². The molecule has 0 fully saturated rings. The van der Waals surface area contributed by atoms with Crippen LogP contribution in [-0.2, 0) is 4.74 Å². The van der Waals surface area contributed by atoms with Crippen LogP contribution >= 0.6 is 0 Å². The van der Waals surface area contributed by atoms with Gasteiger partial charge in [0.25, 0.3) is 0 Å². The molecule has 0 atom stereocenters. The number of nitrogens with zero attached hydrogens (tertiary/aromatic N) is 2. The maximum atomic E-state index is 11.5. The van der Waals surface area contributed by atoms with Crippen molar-refractivity contribution < 1.29 is 9.53 Å². The van der Waals surface area contributed by atoms with Crippen molar-refractivity contribution >= 4 is 11.8 Å². The van der Waals surface area contributed by atoms with Crippen molar-refractivity contribution in [3.63, 3.8) is 0 Å². The van der Waals surface area contributed by atoms with Gasteiger partial charge in [0.05, 0.1) is 7.11 Å². The molecular weight excluding hydrogens is 230 g/mol. The average molecular weight is 247 g/mol. The molecule has 1 aliphatic carbocycles. The number of esters is 1. The summed E-state index contributed by atoms with van der Waals surface area (Å²) in [7, 11) is 1.35. The third kappa shape index (κ3) is 3.06. The van der Waals surface area contributed by atoms with Crippen molar-refractivity contribution in [3.8, 4) is 0 Å². The van der Waals surface area contributed by atoms with Crippen molar-refractivity contribution in [2.45, 2.75) is 25.7 Å². The quantitative estimate of drug-likeness (QED) is 0.638. The van der Waals surface area contributed by atoms with Gasteiger partial charge in [0, 0.05) is 12.7 Å². The normalized spacial score (nSPS) is 14.2. The SMILES string of the molecule is COC(=O)c1cncnc1NCCC1=CCCC1. The van der Waals surface area contributed by atoms with Gasteiger partial charge < -0.3 is 10.1 Å². The molecule has 0 unspecified atom stereocenters. The van der Waals surface area contributed by atoms with Gasteiger partial charge in [-0.3, -0.25) is 0 Å². The summed E-state index contributed by atoms with van der Waals surface area (Å²) in [6, 6.07) is 0. The topological polar surface area (TPSA) is 64.1 Å². The van der Waals surface area contributed by atoms with Gasteiger partial charge in [-0.05, 0) is 25.7 Å². The van der Waals surface area contributed by atoms with E-state index in [0.29, 0.717) is 11.4 Å². The van der Waals surface area contributed by atoms with Gasteiger partial charge in [-0.1, -0.05) is 11.6 Å². The van der Waals surface area contributed by atoms with E-state index in [1.165, 1.54) is 44.5 Å². The van der Waals surface area contributed by atoms with Crippen LogP contribution in [-0.4, -0.2) is 29.6 Å². The number of methoxy groups -OCH3 is 1. The van der Waals surface area contributed by atoms with Gasteiger partial charge in [-0.15, -0.1) is 0 Å². The number of carbonyl (C=O) groups is 1. The number of ether oxygens (including phenoxy) is 1. The smallest absolute Gasteiger partial charge is 0.343 e. The number of anilines is 1. The number of hydrogen-bond acceptors (Lipinski definition) is 5. The number of hydrogen-bond donors (Lipinski definition) is 1. The maximum absolute atomic E-state index is 11.5. The van der Waals surface area contributed by atoms with Gasteiger partial charge in [-0.25, -0.2) is 14.8 Å². The fourth-order valence-electron chi connectivity index (χ4n) is 2.04. The molecule has 5 heteroatoms. The molecule has 0 saturated heterocycles. The number of allylic oxidation sites excluding steroid dienone is 1. The van der Waals surface area contributed by atoms with Gasteiger partial charge in [0.2, 0.25) is 0 Å². The standard InChI is InChI=1S/C13H17N3O2/c1-18-13(17)11-8-14-9-16-12(11)15-7-6-10-4-2-3-5-10/h4,8-9H,2-3,5-7H2,1H3,(H,14,15,16). The Morgan fingerprint density at radius 2 is 2.44 bits per heavy atom. The second-order valence-electron chi connectivity index (χ2n) is 4.21. The van der Waals surface area contributed by atoms with Crippen LogP contribution in [0, 0.1) is 0 Å². The maximum Gasteiger partial charge on any atom is 0.343 e. The Morgan fingerprint density at radius 3 is 3.17 bits per heavy atom. The molecule has 1 heterocycles. The third-order valence-electron chi connectivity index (χ3n) is 2.99. The Balaban J connectivity index is 1.94. The predicted molar refractivity (Wildman–Crippen MR) is 68.4 cm³/mol. The second kappa shape index (κ2) is 6.14. The summed E-state index contributed by atoms with van der Waals surface area (Å²) in [5, 5.41) is 3.16. The van der Waals surface area contributed by atoms with E-state index in [2.05, 4.69) is 26.1 Å². The van der Waals surface area contributed by atoms with Crippen LogP contribution in [0.25, 0.3) is 0 Å². The van der Waals surface area contributed by atoms with E-state index in [0.717, 1.165) is 13.0 Å². The van der Waals surface area contributed by atoms with E-state index in [1.807, 2.05) is 0 Å². The summed E-state index contributed by atoms with van der Waals surface area (Å²) in [6.45, 7) is 0.771. The molecule has 5 nitrogen and oxygen atoms in total. The van der Waals surface area contributed by atoms with Crippen molar-refractivity contribution in [2.75, 3.05) is 19.0 Å². The largest absolute Gasteiger partial charge is 0.465 e. The third-order valence-corrected chi connectivity index (χ3v) is 2.99. The summed E-state index contributed by atoms with van der Waals surface area (Å²) in [6.07, 6.45) is 9.81. The Hall–Kier alpha value is -1.91. The molecule has 18 heavy (non-hydrogen) atoms. The minimum Gasteiger partial charge on any atom is -0.465 e. The van der Waals surface area contributed by atoms with Crippen LogP contribution in [0.5, 0.6) is 0 Å². The lowest BCUT2D eigenvalue weighted by molar-refractivity contribution is 0.0601. The van der Waals surface area contributed by atoms with Crippen LogP contribution in [0.1, 0.15) is 36.0 Å². The molecule has 1 aromatic rings. The highest BCUT2D eigenvalue weighted by Gasteiger charge is 2.13. The summed E-state index contributed by atoms with van der Waals surface area (Å²) >= 11 is 0. The zero-order valence-electron chi connectivity index (χ0n) is 10.5. The predicted octanol–water partition coefficient (Wildman–Crippen LogP) is 2.18. The molecule has 0 radical (unpaired) electrons. The van der Waals surface area contributed by atoms with Gasteiger partial charge in [0.1, 0.15) is 17.7 Å². The first kappa shape index (κ1) is 12.5. The van der Waals surface area contributed by atoms with E-state index in [-0.39, 0.29) is 0 Å². The second-order valence-corrected chi connectivity index (χ2v) is 4.21. The van der Waals surface area contributed by atoms with Crippen LogP contribution in [0.4, 0.5) is 5.82 Å². The molecule has 1 N–H and O–H groups in total. The first-order chi connectivity index (χ1) is 8.81. The lowest BCUT2D eigenvalue weighted by atomic mass is 10.1. The number of carbonyl (C=O) groups excluding carboxylic acids is 1. The van der Waals surface area contributed by atoms with Crippen molar-refractivity contribution in [3.05, 3.63) is 29.7 Å². The molecule has 0 spiro atoms. The van der Waals surface area contributed by atoms with Crippen LogP contribution in [0.15, 0.2) is 24.2 Å². The first-order valence-corrected chi connectivity index (χ1v) is 6.11. The van der Waals surface area contributed by atoms with E-state index >= 15 is 0 Å². The number of nitrogens with one attached hydrogen (secondary N) is 1. The molecule has 0 saturated carbocycles. The van der Waals surface area contributed by atoms with E-state index in [9.17, 15) is 4.79 Å². The average Bonchev–Trinajstić information content (AvgIpc) is 2.92. The van der Waals surface area contributed by atoms with Crippen LogP contribution < -0.4 is 5.32 Å². The zero-order chi connectivity index (χ0) is 12.8. The Labute approximate surface area is 106 Å². The minimum absolute atomic E-state index is 0.375. The van der Waals surface area contributed by atoms with Crippen molar-refractivity contribution in [1.29, 1.82) is 0 Å². The summed E-state index contributed by atoms with van der Waals surface area (Å²) in [5.41, 5.74) is 1.86. The highest BCUT2D eigenvalue weighted by atomic mass is 16.5. The Bertz CT molecular complexity index is 457. The molecule has 96 valence electrons. The van der Waals surface area contributed by atoms with E-state index in [4.69, 9.17) is 0 Å². The van der Waals surface area contributed by atoms with Gasteiger partial charge in [0.15, 0.2) is 0 Å². The fraction of sp³-hybridized carbons (Fsp3) is 0.462. The molecule has 0 aliphatic heterocycles. The number of rotatable bonds is 5. The molecule has 0 aromatic carbocycles. The summed E-state index contributed by atoms with van der Waals surface area (Å²) in [5.74, 6) is 0.119. The Kier molecular flexibility index (Phi) is 4.28. The van der Waals surface area contributed by atoms with Crippen molar-refractivity contribution in [2.24, 2.45) is 0 Å². The lowest BCUT2D eigenvalue weighted by Gasteiger charge is -2.09. The summed E-state index contributed by atoms with van der Waals surface area (Å²) in [4.78, 5) is 19.4. The van der Waals surface area contributed by atoms with Crippen LogP contribution in [0.2, 0.25) is 0 Å². The zero-order valence-corrected chi connectivity index (χ0v) is 10.5. The van der Waals surface area contributed by atoms with E-state index in [1.54, 1.807) is 0 Å². The lowest BCUT2D eigenvalue weighted by Crippen LogP contribution is -2.11.